The zero-order valence-electron chi connectivity index (χ0n) is 18.7. The van der Waals surface area contributed by atoms with Crippen molar-refractivity contribution in [1.82, 2.24) is 24.5 Å². The van der Waals surface area contributed by atoms with Gasteiger partial charge in [0.05, 0.1) is 16.8 Å². The molecule has 0 atom stereocenters. The minimum Gasteiger partial charge on any atom is -0.387 e. The number of nitrogens with zero attached hydrogens (tertiary/aromatic N) is 4. The Balaban J connectivity index is 1.42. The number of nitrogens with two attached hydrogens (primary N) is 1. The van der Waals surface area contributed by atoms with Crippen LogP contribution in [0.1, 0.15) is 4.88 Å². The summed E-state index contributed by atoms with van der Waals surface area (Å²) in [5.41, 5.74) is 6.85. The van der Waals surface area contributed by atoms with E-state index in [2.05, 4.69) is 20.2 Å². The first-order valence-electron chi connectivity index (χ1n) is 10.7. The van der Waals surface area contributed by atoms with Gasteiger partial charge < -0.3 is 20.7 Å². The maximum atomic E-state index is 12.9. The summed E-state index contributed by atoms with van der Waals surface area (Å²) in [7, 11) is -1.60. The lowest BCUT2D eigenvalue weighted by atomic mass is 10.2. The van der Waals surface area contributed by atoms with Gasteiger partial charge in [-0.1, -0.05) is 18.2 Å². The van der Waals surface area contributed by atoms with Gasteiger partial charge in [0, 0.05) is 43.2 Å². The quantitative estimate of drug-likeness (QED) is 0.502. The van der Waals surface area contributed by atoms with Crippen LogP contribution in [0.15, 0.2) is 52.9 Å². The number of nitrogen functional groups attached to an aromatic ring is 1. The first kappa shape index (κ1) is 24.1. The third-order valence-electron chi connectivity index (χ3n) is 5.43. The van der Waals surface area contributed by atoms with Gasteiger partial charge in [-0.05, 0) is 37.0 Å². The highest BCUT2D eigenvalue weighted by Crippen LogP contribution is 2.25. The van der Waals surface area contributed by atoms with E-state index in [-0.39, 0.29) is 16.6 Å². The van der Waals surface area contributed by atoms with Crippen LogP contribution in [0.5, 0.6) is 5.88 Å². The van der Waals surface area contributed by atoms with E-state index in [0.717, 1.165) is 4.88 Å². The molecule has 1 saturated heterocycles. The Morgan fingerprint density at radius 1 is 1.18 bits per heavy atom. The van der Waals surface area contributed by atoms with Crippen LogP contribution in [-0.4, -0.2) is 73.5 Å². The fourth-order valence-corrected chi connectivity index (χ4v) is 5.57. The zero-order chi connectivity index (χ0) is 24.1. The molecule has 180 valence electrons. The lowest BCUT2D eigenvalue weighted by Crippen LogP contribution is -2.46. The molecular weight excluding hydrogens is 476 g/mol. The Hall–Kier alpha value is -3.06. The maximum Gasteiger partial charge on any atom is 0.414 e. The van der Waals surface area contributed by atoms with Crippen molar-refractivity contribution in [1.29, 1.82) is 0 Å². The summed E-state index contributed by atoms with van der Waals surface area (Å²) >= 11 is 1.61. The fraction of sp³-hybridized carbons (Fsp3) is 0.318. The van der Waals surface area contributed by atoms with Crippen molar-refractivity contribution in [3.8, 4) is 17.1 Å². The van der Waals surface area contributed by atoms with E-state index in [4.69, 9.17) is 10.5 Å². The molecule has 2 aromatic heterocycles. The molecule has 10 nitrogen and oxygen atoms in total. The van der Waals surface area contributed by atoms with Gasteiger partial charge >= 0.3 is 6.09 Å². The smallest absolute Gasteiger partial charge is 0.387 e. The summed E-state index contributed by atoms with van der Waals surface area (Å²) < 4.78 is 32.6. The monoisotopic (exact) mass is 502 g/mol. The number of aromatic nitrogens is 2. The van der Waals surface area contributed by atoms with Crippen molar-refractivity contribution in [2.75, 3.05) is 45.5 Å². The summed E-state index contributed by atoms with van der Waals surface area (Å²) in [5.74, 6) is -0.133. The zero-order valence-corrected chi connectivity index (χ0v) is 20.3. The molecule has 1 fully saturated rings. The molecule has 12 heteroatoms. The Morgan fingerprint density at radius 3 is 2.59 bits per heavy atom. The van der Waals surface area contributed by atoms with Crippen LogP contribution >= 0.6 is 11.3 Å². The molecule has 0 spiro atoms. The van der Waals surface area contributed by atoms with E-state index in [1.807, 2.05) is 24.6 Å². The van der Waals surface area contributed by atoms with E-state index in [1.165, 1.54) is 10.5 Å². The van der Waals surface area contributed by atoms with Crippen molar-refractivity contribution in [2.45, 2.75) is 11.3 Å². The molecule has 4 rings (SSSR count). The Labute approximate surface area is 202 Å². The maximum absolute atomic E-state index is 12.9. The summed E-state index contributed by atoms with van der Waals surface area (Å²) in [6.07, 6.45) is 1.46. The molecule has 1 amide bonds. The molecule has 3 heterocycles. The summed E-state index contributed by atoms with van der Waals surface area (Å²) in [6, 6.07) is 10.3. The number of ether oxygens (including phenoxy) is 1. The van der Waals surface area contributed by atoms with Crippen LogP contribution in [0, 0.1) is 0 Å². The van der Waals surface area contributed by atoms with Crippen LogP contribution in [0.3, 0.4) is 0 Å². The predicted molar refractivity (Wildman–Crippen MR) is 130 cm³/mol. The van der Waals surface area contributed by atoms with E-state index >= 15 is 0 Å². The second-order valence-electron chi connectivity index (χ2n) is 7.82. The number of hydrogen-bond donors (Lipinski definition) is 2. The predicted octanol–water partition coefficient (Wildman–Crippen LogP) is 2.05. The van der Waals surface area contributed by atoms with Gasteiger partial charge in [0.25, 0.3) is 5.88 Å². The van der Waals surface area contributed by atoms with Crippen LogP contribution in [-0.2, 0) is 16.4 Å². The van der Waals surface area contributed by atoms with Gasteiger partial charge in [0.1, 0.15) is 0 Å². The van der Waals surface area contributed by atoms with Crippen LogP contribution < -0.4 is 15.8 Å². The number of carbonyl (C=O) groups is 1. The van der Waals surface area contributed by atoms with Crippen molar-refractivity contribution in [2.24, 2.45) is 0 Å². The molecule has 0 bridgehead atoms. The molecule has 0 saturated carbocycles. The largest absolute Gasteiger partial charge is 0.414 e. The minimum absolute atomic E-state index is 0.0218. The molecular formula is C22H26N6O4S2. The number of nitrogens with one attached hydrogen (secondary N) is 1. The standard InChI is InChI=1S/C22H26N6O4S2/c1-27-10-12-28(13-11-27)34(30,31)18-6-4-16(5-7-18)19-15-25-20(23)21(26-19)32-22(29)24-9-8-17-3-2-14-33-17/h2-7,14-15H,8-13H2,1H3,(H2,23,25)(H,24,29). The van der Waals surface area contributed by atoms with Crippen molar-refractivity contribution in [3.63, 3.8) is 0 Å². The SMILES string of the molecule is CN1CCN(S(=O)(=O)c2ccc(-c3cnc(N)c(OC(=O)NCCc4cccs4)n3)cc2)CC1. The van der Waals surface area contributed by atoms with E-state index in [9.17, 15) is 13.2 Å². The average molecular weight is 503 g/mol. The number of hydrogen-bond acceptors (Lipinski definition) is 9. The lowest BCUT2D eigenvalue weighted by Gasteiger charge is -2.31. The molecule has 1 aliphatic heterocycles. The Bertz CT molecular complexity index is 1220. The highest BCUT2D eigenvalue weighted by molar-refractivity contribution is 7.89. The van der Waals surface area contributed by atoms with Gasteiger partial charge in [0.15, 0.2) is 5.82 Å². The number of likely N-dealkylation sites (N-methyl/N-ethyl adjacent to an activating group) is 1. The highest BCUT2D eigenvalue weighted by Gasteiger charge is 2.27. The second kappa shape index (κ2) is 10.5. The normalized spacial score (nSPS) is 15.2. The van der Waals surface area contributed by atoms with Gasteiger partial charge in [-0.2, -0.15) is 4.31 Å². The molecule has 1 aliphatic rings. The fourth-order valence-electron chi connectivity index (χ4n) is 3.44. The third-order valence-corrected chi connectivity index (χ3v) is 8.28. The third kappa shape index (κ3) is 5.70. The number of anilines is 1. The highest BCUT2D eigenvalue weighted by atomic mass is 32.2. The number of sulfonamides is 1. The first-order valence-corrected chi connectivity index (χ1v) is 13.0. The summed E-state index contributed by atoms with van der Waals surface area (Å²) in [6.45, 7) is 2.72. The topological polar surface area (TPSA) is 131 Å². The summed E-state index contributed by atoms with van der Waals surface area (Å²) in [5, 5.41) is 4.64. The number of carbonyl (C=O) groups excluding carboxylic acids is 1. The molecule has 0 aliphatic carbocycles. The van der Waals surface area contributed by atoms with Gasteiger partial charge in [-0.15, -0.1) is 11.3 Å². The van der Waals surface area contributed by atoms with Crippen LogP contribution in [0.25, 0.3) is 11.3 Å². The number of benzene rings is 1. The van der Waals surface area contributed by atoms with Crippen molar-refractivity contribution >= 4 is 33.3 Å². The number of piperazine rings is 1. The molecule has 3 N–H and O–H groups in total. The van der Waals surface area contributed by atoms with E-state index < -0.39 is 16.1 Å². The number of thiophene rings is 1. The molecule has 1 aromatic carbocycles. The minimum atomic E-state index is -3.57. The van der Waals surface area contributed by atoms with Crippen LogP contribution in [0.4, 0.5) is 10.6 Å². The summed E-state index contributed by atoms with van der Waals surface area (Å²) in [4.78, 5) is 24.0. The molecule has 0 radical (unpaired) electrons. The van der Waals surface area contributed by atoms with Crippen molar-refractivity contribution < 1.29 is 17.9 Å². The first-order chi connectivity index (χ1) is 16.3. The second-order valence-corrected chi connectivity index (χ2v) is 10.8. The van der Waals surface area contributed by atoms with E-state index in [1.54, 1.807) is 35.6 Å². The van der Waals surface area contributed by atoms with Crippen molar-refractivity contribution in [3.05, 3.63) is 52.9 Å². The molecule has 34 heavy (non-hydrogen) atoms. The van der Waals surface area contributed by atoms with Gasteiger partial charge in [0.2, 0.25) is 10.0 Å². The van der Waals surface area contributed by atoms with Gasteiger partial charge in [-0.3, -0.25) is 0 Å². The van der Waals surface area contributed by atoms with Gasteiger partial charge in [-0.25, -0.2) is 23.2 Å². The van der Waals surface area contributed by atoms with E-state index in [0.29, 0.717) is 50.4 Å². The van der Waals surface area contributed by atoms with Crippen LogP contribution in [0.2, 0.25) is 0 Å². The molecule has 0 unspecified atom stereocenters. The lowest BCUT2D eigenvalue weighted by molar-refractivity contribution is 0.199. The number of rotatable bonds is 7. The molecule has 3 aromatic rings. The Kier molecular flexibility index (Phi) is 7.41. The average Bonchev–Trinajstić information content (AvgIpc) is 3.34. The number of amides is 1. The Morgan fingerprint density at radius 2 is 1.91 bits per heavy atom.